The molecule has 0 bridgehead atoms. The van der Waals surface area contributed by atoms with Gasteiger partial charge in [0.2, 0.25) is 5.91 Å². The smallest absolute Gasteiger partial charge is 0.253 e. The molecule has 4 nitrogen and oxygen atoms in total. The molecule has 0 saturated carbocycles. The molecule has 0 aliphatic carbocycles. The van der Waals surface area contributed by atoms with Crippen LogP contribution in [0.1, 0.15) is 27.0 Å². The Balaban J connectivity index is 1.65. The van der Waals surface area contributed by atoms with Crippen LogP contribution in [0.25, 0.3) is 6.08 Å². The van der Waals surface area contributed by atoms with E-state index in [9.17, 15) is 9.59 Å². The van der Waals surface area contributed by atoms with Crippen LogP contribution in [0, 0.1) is 6.92 Å². The van der Waals surface area contributed by atoms with E-state index in [4.69, 9.17) is 0 Å². The topological polar surface area (TPSA) is 58.2 Å². The van der Waals surface area contributed by atoms with Crippen LogP contribution in [0.2, 0.25) is 0 Å². The molecule has 28 heavy (non-hydrogen) atoms. The maximum atomic E-state index is 12.6. The molecule has 0 aliphatic rings. The molecule has 0 aliphatic heterocycles. The van der Waals surface area contributed by atoms with Crippen LogP contribution in [-0.2, 0) is 11.3 Å². The van der Waals surface area contributed by atoms with Crippen molar-refractivity contribution in [3.63, 3.8) is 0 Å². The number of nitrogens with one attached hydrogen (secondary N) is 2. The lowest BCUT2D eigenvalue weighted by molar-refractivity contribution is -0.111. The first-order valence-corrected chi connectivity index (χ1v) is 9.09. The van der Waals surface area contributed by atoms with E-state index in [0.717, 1.165) is 16.7 Å². The number of benzene rings is 3. The molecule has 0 unspecified atom stereocenters. The molecule has 3 aromatic carbocycles. The van der Waals surface area contributed by atoms with Crippen LogP contribution in [-0.4, -0.2) is 11.8 Å². The van der Waals surface area contributed by atoms with Gasteiger partial charge < -0.3 is 10.6 Å². The summed E-state index contributed by atoms with van der Waals surface area (Å²) in [6.07, 6.45) is 3.20. The van der Waals surface area contributed by atoms with Gasteiger partial charge in [0.1, 0.15) is 0 Å². The van der Waals surface area contributed by atoms with E-state index in [1.165, 1.54) is 6.08 Å². The molecule has 0 fully saturated rings. The van der Waals surface area contributed by atoms with Gasteiger partial charge in [-0.2, -0.15) is 0 Å². The fourth-order valence-electron chi connectivity index (χ4n) is 2.69. The standard InChI is InChI=1S/C24H22N2O2/c1-18-11-13-19(14-12-18)15-16-23(27)26-22-10-6-5-9-21(22)24(28)25-17-20-7-3-2-4-8-20/h2-16H,17H2,1H3,(H,25,28)(H,26,27). The van der Waals surface area contributed by atoms with Gasteiger partial charge in [0.15, 0.2) is 0 Å². The minimum absolute atomic E-state index is 0.234. The van der Waals surface area contributed by atoms with Gasteiger partial charge in [-0.15, -0.1) is 0 Å². The number of aryl methyl sites for hydroxylation is 1. The summed E-state index contributed by atoms with van der Waals surface area (Å²) >= 11 is 0. The van der Waals surface area contributed by atoms with Crippen LogP contribution in [0.3, 0.4) is 0 Å². The molecule has 0 atom stereocenters. The van der Waals surface area contributed by atoms with Gasteiger partial charge in [-0.05, 0) is 36.3 Å². The molecule has 3 rings (SSSR count). The molecule has 3 aromatic rings. The molecule has 0 aromatic heterocycles. The zero-order valence-electron chi connectivity index (χ0n) is 15.7. The number of hydrogen-bond acceptors (Lipinski definition) is 2. The lowest BCUT2D eigenvalue weighted by atomic mass is 10.1. The average molecular weight is 370 g/mol. The Kier molecular flexibility index (Phi) is 6.37. The Hall–Kier alpha value is -3.66. The summed E-state index contributed by atoms with van der Waals surface area (Å²) < 4.78 is 0. The third-order valence-electron chi connectivity index (χ3n) is 4.23. The Morgan fingerprint density at radius 3 is 2.29 bits per heavy atom. The normalized spacial score (nSPS) is 10.6. The van der Waals surface area contributed by atoms with Crippen molar-refractivity contribution in [1.29, 1.82) is 0 Å². The highest BCUT2D eigenvalue weighted by Gasteiger charge is 2.12. The molecular weight excluding hydrogens is 348 g/mol. The second-order valence-electron chi connectivity index (χ2n) is 6.45. The summed E-state index contributed by atoms with van der Waals surface area (Å²) in [6, 6.07) is 24.5. The van der Waals surface area contributed by atoms with E-state index in [0.29, 0.717) is 17.8 Å². The monoisotopic (exact) mass is 370 g/mol. The Morgan fingerprint density at radius 1 is 0.857 bits per heavy atom. The molecule has 2 N–H and O–H groups in total. The van der Waals surface area contributed by atoms with Gasteiger partial charge in [-0.25, -0.2) is 0 Å². The number of para-hydroxylation sites is 1. The van der Waals surface area contributed by atoms with E-state index in [1.807, 2.05) is 61.5 Å². The summed E-state index contributed by atoms with van der Waals surface area (Å²) in [6.45, 7) is 2.44. The van der Waals surface area contributed by atoms with Crippen molar-refractivity contribution >= 4 is 23.6 Å². The minimum atomic E-state index is -0.288. The van der Waals surface area contributed by atoms with Crippen LogP contribution >= 0.6 is 0 Å². The highest BCUT2D eigenvalue weighted by atomic mass is 16.2. The SMILES string of the molecule is Cc1ccc(C=CC(=O)Nc2ccccc2C(=O)NCc2ccccc2)cc1. The first-order chi connectivity index (χ1) is 13.6. The number of anilines is 1. The zero-order chi connectivity index (χ0) is 19.8. The van der Waals surface area contributed by atoms with E-state index in [2.05, 4.69) is 10.6 Å². The van der Waals surface area contributed by atoms with Crippen molar-refractivity contribution < 1.29 is 9.59 Å². The Labute approximate surface area is 164 Å². The van der Waals surface area contributed by atoms with Crippen molar-refractivity contribution in [1.82, 2.24) is 5.32 Å². The molecule has 2 amide bonds. The molecule has 0 spiro atoms. The van der Waals surface area contributed by atoms with Gasteiger partial charge in [-0.3, -0.25) is 9.59 Å². The van der Waals surface area contributed by atoms with Crippen LogP contribution in [0.15, 0.2) is 84.9 Å². The van der Waals surface area contributed by atoms with Crippen molar-refractivity contribution in [2.45, 2.75) is 13.5 Å². The number of carbonyl (C=O) groups excluding carboxylic acids is 2. The lowest BCUT2D eigenvalue weighted by Gasteiger charge is -2.10. The van der Waals surface area contributed by atoms with Gasteiger partial charge in [0.25, 0.3) is 5.91 Å². The van der Waals surface area contributed by atoms with Crippen LogP contribution < -0.4 is 10.6 Å². The van der Waals surface area contributed by atoms with Gasteiger partial charge in [0, 0.05) is 12.6 Å². The molecule has 4 heteroatoms. The fourth-order valence-corrected chi connectivity index (χ4v) is 2.69. The molecule has 0 heterocycles. The van der Waals surface area contributed by atoms with Crippen LogP contribution in [0.5, 0.6) is 0 Å². The largest absolute Gasteiger partial charge is 0.348 e. The third kappa shape index (κ3) is 5.42. The first-order valence-electron chi connectivity index (χ1n) is 9.09. The van der Waals surface area contributed by atoms with E-state index >= 15 is 0 Å². The van der Waals surface area contributed by atoms with E-state index in [-0.39, 0.29) is 11.8 Å². The zero-order valence-corrected chi connectivity index (χ0v) is 15.7. The molecule has 140 valence electrons. The predicted octanol–water partition coefficient (Wildman–Crippen LogP) is 4.58. The van der Waals surface area contributed by atoms with E-state index in [1.54, 1.807) is 30.3 Å². The van der Waals surface area contributed by atoms with Gasteiger partial charge in [0.05, 0.1) is 11.3 Å². The fraction of sp³-hybridized carbons (Fsp3) is 0.0833. The Bertz CT molecular complexity index is 977. The summed E-state index contributed by atoms with van der Waals surface area (Å²) in [7, 11) is 0. The molecule has 0 saturated heterocycles. The maximum Gasteiger partial charge on any atom is 0.253 e. The van der Waals surface area contributed by atoms with Crippen molar-refractivity contribution in [2.75, 3.05) is 5.32 Å². The summed E-state index contributed by atoms with van der Waals surface area (Å²) in [5, 5.41) is 5.67. The third-order valence-corrected chi connectivity index (χ3v) is 4.23. The number of rotatable bonds is 6. The second-order valence-corrected chi connectivity index (χ2v) is 6.45. The van der Waals surface area contributed by atoms with Gasteiger partial charge >= 0.3 is 0 Å². The maximum absolute atomic E-state index is 12.6. The first kappa shape index (κ1) is 19.1. The highest BCUT2D eigenvalue weighted by Crippen LogP contribution is 2.15. The van der Waals surface area contributed by atoms with Crippen molar-refractivity contribution in [2.24, 2.45) is 0 Å². The van der Waals surface area contributed by atoms with Crippen molar-refractivity contribution in [3.05, 3.63) is 107 Å². The van der Waals surface area contributed by atoms with Crippen molar-refractivity contribution in [3.8, 4) is 0 Å². The summed E-state index contributed by atoms with van der Waals surface area (Å²) in [5.41, 5.74) is 4.02. The minimum Gasteiger partial charge on any atom is -0.348 e. The predicted molar refractivity (Wildman–Crippen MR) is 113 cm³/mol. The lowest BCUT2D eigenvalue weighted by Crippen LogP contribution is -2.24. The number of carbonyl (C=O) groups is 2. The van der Waals surface area contributed by atoms with Crippen LogP contribution in [0.4, 0.5) is 5.69 Å². The van der Waals surface area contributed by atoms with E-state index < -0.39 is 0 Å². The molecular formula is C24H22N2O2. The quantitative estimate of drug-likeness (QED) is 0.624. The average Bonchev–Trinajstić information content (AvgIpc) is 2.73. The number of hydrogen-bond donors (Lipinski definition) is 2. The number of amides is 2. The highest BCUT2D eigenvalue weighted by molar-refractivity contribution is 6.07. The molecule has 0 radical (unpaired) electrons. The summed E-state index contributed by atoms with van der Waals surface area (Å²) in [5.74, 6) is -0.522. The Morgan fingerprint density at radius 2 is 1.54 bits per heavy atom. The second kappa shape index (κ2) is 9.33. The summed E-state index contributed by atoms with van der Waals surface area (Å²) in [4.78, 5) is 24.8. The van der Waals surface area contributed by atoms with Gasteiger partial charge in [-0.1, -0.05) is 72.3 Å².